The van der Waals surface area contributed by atoms with Gasteiger partial charge in [-0.25, -0.2) is 0 Å². The number of amides is 2. The molecule has 0 aliphatic heterocycles. The monoisotopic (exact) mass is 345 g/mol. The van der Waals surface area contributed by atoms with E-state index in [1.807, 2.05) is 31.2 Å². The molecule has 0 spiro atoms. The number of anilines is 3. The maximum absolute atomic E-state index is 12.4. The zero-order valence-corrected chi connectivity index (χ0v) is 14.3. The lowest BCUT2D eigenvalue weighted by atomic mass is 10.1. The standard InChI is InChI=1S/C21H19N3O2/c1-14-5-2-9-18(11-14)23-21(26)16-7-4-10-19(13-16)24-20(25)15-6-3-8-17(22)12-15/h2-13H,22H2,1H3,(H,23,26)(H,24,25). The lowest BCUT2D eigenvalue weighted by molar-refractivity contribution is 0.101. The van der Waals surface area contributed by atoms with Gasteiger partial charge >= 0.3 is 0 Å². The molecule has 0 aromatic heterocycles. The molecule has 4 N–H and O–H groups in total. The van der Waals surface area contributed by atoms with Gasteiger partial charge < -0.3 is 16.4 Å². The molecule has 3 rings (SSSR count). The van der Waals surface area contributed by atoms with Crippen molar-refractivity contribution in [1.29, 1.82) is 0 Å². The maximum Gasteiger partial charge on any atom is 0.255 e. The van der Waals surface area contributed by atoms with Crippen molar-refractivity contribution in [3.8, 4) is 0 Å². The van der Waals surface area contributed by atoms with Gasteiger partial charge in [0, 0.05) is 28.2 Å². The van der Waals surface area contributed by atoms with Crippen molar-refractivity contribution in [2.75, 3.05) is 16.4 Å². The molecule has 0 saturated heterocycles. The number of benzene rings is 3. The van der Waals surface area contributed by atoms with Crippen LogP contribution in [0.4, 0.5) is 17.1 Å². The Morgan fingerprint density at radius 1 is 0.731 bits per heavy atom. The van der Waals surface area contributed by atoms with Crippen LogP contribution in [0.2, 0.25) is 0 Å². The van der Waals surface area contributed by atoms with Crippen molar-refractivity contribution in [2.24, 2.45) is 0 Å². The van der Waals surface area contributed by atoms with E-state index in [0.717, 1.165) is 11.3 Å². The first-order chi connectivity index (χ1) is 12.5. The van der Waals surface area contributed by atoms with Gasteiger partial charge in [-0.05, 0) is 61.0 Å². The molecule has 3 aromatic carbocycles. The summed E-state index contributed by atoms with van der Waals surface area (Å²) in [6.45, 7) is 1.96. The van der Waals surface area contributed by atoms with Crippen LogP contribution in [-0.4, -0.2) is 11.8 Å². The van der Waals surface area contributed by atoms with Crippen LogP contribution in [0, 0.1) is 6.92 Å². The molecule has 0 unspecified atom stereocenters. The molecule has 2 amide bonds. The van der Waals surface area contributed by atoms with Crippen LogP contribution >= 0.6 is 0 Å². The Balaban J connectivity index is 1.73. The number of hydrogen-bond acceptors (Lipinski definition) is 3. The Bertz CT molecular complexity index is 967. The van der Waals surface area contributed by atoms with E-state index >= 15 is 0 Å². The highest BCUT2D eigenvalue weighted by molar-refractivity contribution is 6.07. The molecule has 0 aliphatic carbocycles. The Morgan fingerprint density at radius 3 is 1.88 bits per heavy atom. The number of hydrogen-bond donors (Lipinski definition) is 3. The lowest BCUT2D eigenvalue weighted by Crippen LogP contribution is -2.14. The summed E-state index contributed by atoms with van der Waals surface area (Å²) in [5.74, 6) is -0.524. The van der Waals surface area contributed by atoms with Gasteiger partial charge in [-0.15, -0.1) is 0 Å². The minimum Gasteiger partial charge on any atom is -0.399 e. The van der Waals surface area contributed by atoms with E-state index < -0.39 is 0 Å². The predicted molar refractivity (Wildman–Crippen MR) is 104 cm³/mol. The van der Waals surface area contributed by atoms with E-state index in [2.05, 4.69) is 10.6 Å². The van der Waals surface area contributed by atoms with Crippen LogP contribution in [0.15, 0.2) is 72.8 Å². The Kier molecular flexibility index (Phi) is 4.99. The van der Waals surface area contributed by atoms with Gasteiger partial charge in [-0.2, -0.15) is 0 Å². The summed E-state index contributed by atoms with van der Waals surface area (Å²) in [7, 11) is 0. The topological polar surface area (TPSA) is 84.2 Å². The molecule has 0 atom stereocenters. The quantitative estimate of drug-likeness (QED) is 0.623. The molecule has 3 aromatic rings. The number of nitrogens with one attached hydrogen (secondary N) is 2. The maximum atomic E-state index is 12.4. The van der Waals surface area contributed by atoms with Crippen LogP contribution in [0.25, 0.3) is 0 Å². The molecule has 0 radical (unpaired) electrons. The van der Waals surface area contributed by atoms with Gasteiger partial charge in [-0.1, -0.05) is 24.3 Å². The summed E-state index contributed by atoms with van der Waals surface area (Å²) in [6, 6.07) is 21.1. The van der Waals surface area contributed by atoms with Crippen molar-refractivity contribution < 1.29 is 9.59 Å². The number of rotatable bonds is 4. The van der Waals surface area contributed by atoms with Crippen LogP contribution < -0.4 is 16.4 Å². The average Bonchev–Trinajstić information content (AvgIpc) is 2.62. The summed E-state index contributed by atoms with van der Waals surface area (Å²) >= 11 is 0. The van der Waals surface area contributed by atoms with Gasteiger partial charge in [0.15, 0.2) is 0 Å². The van der Waals surface area contributed by atoms with Crippen LogP contribution in [-0.2, 0) is 0 Å². The Morgan fingerprint density at radius 2 is 1.27 bits per heavy atom. The smallest absolute Gasteiger partial charge is 0.255 e. The fraction of sp³-hybridized carbons (Fsp3) is 0.0476. The van der Waals surface area contributed by atoms with Crippen molar-refractivity contribution >= 4 is 28.9 Å². The number of nitrogen functional groups attached to an aromatic ring is 1. The number of nitrogens with two attached hydrogens (primary N) is 1. The molecule has 0 bridgehead atoms. The first kappa shape index (κ1) is 17.2. The Labute approximate surface area is 151 Å². The van der Waals surface area contributed by atoms with E-state index in [-0.39, 0.29) is 11.8 Å². The second kappa shape index (κ2) is 7.53. The fourth-order valence-electron chi connectivity index (χ4n) is 2.55. The molecule has 5 heteroatoms. The van der Waals surface area contributed by atoms with E-state index in [9.17, 15) is 9.59 Å². The average molecular weight is 345 g/mol. The molecule has 130 valence electrons. The summed E-state index contributed by atoms with van der Waals surface area (Å²) in [6.07, 6.45) is 0. The van der Waals surface area contributed by atoms with E-state index in [0.29, 0.717) is 22.5 Å². The summed E-state index contributed by atoms with van der Waals surface area (Å²) in [4.78, 5) is 24.7. The van der Waals surface area contributed by atoms with E-state index in [1.165, 1.54) is 0 Å². The zero-order chi connectivity index (χ0) is 18.5. The third-order valence-electron chi connectivity index (χ3n) is 3.81. The second-order valence-electron chi connectivity index (χ2n) is 5.98. The van der Waals surface area contributed by atoms with Crippen molar-refractivity contribution in [3.63, 3.8) is 0 Å². The molecule has 0 heterocycles. The highest BCUT2D eigenvalue weighted by atomic mass is 16.2. The lowest BCUT2D eigenvalue weighted by Gasteiger charge is -2.09. The molecule has 26 heavy (non-hydrogen) atoms. The largest absolute Gasteiger partial charge is 0.399 e. The molecule has 0 saturated carbocycles. The SMILES string of the molecule is Cc1cccc(NC(=O)c2cccc(NC(=O)c3cccc(N)c3)c2)c1. The molecule has 5 nitrogen and oxygen atoms in total. The summed E-state index contributed by atoms with van der Waals surface area (Å²) < 4.78 is 0. The molecular weight excluding hydrogens is 326 g/mol. The summed E-state index contributed by atoms with van der Waals surface area (Å²) in [5.41, 5.74) is 9.46. The van der Waals surface area contributed by atoms with Gasteiger partial charge in [0.2, 0.25) is 0 Å². The minimum atomic E-state index is -0.284. The van der Waals surface area contributed by atoms with E-state index in [1.54, 1.807) is 48.5 Å². The van der Waals surface area contributed by atoms with Crippen molar-refractivity contribution in [1.82, 2.24) is 0 Å². The third-order valence-corrected chi connectivity index (χ3v) is 3.81. The molecule has 0 aliphatic rings. The Hall–Kier alpha value is -3.60. The van der Waals surface area contributed by atoms with Crippen LogP contribution in [0.1, 0.15) is 26.3 Å². The minimum absolute atomic E-state index is 0.240. The normalized spacial score (nSPS) is 10.2. The van der Waals surface area contributed by atoms with Gasteiger partial charge in [-0.3, -0.25) is 9.59 Å². The van der Waals surface area contributed by atoms with Gasteiger partial charge in [0.25, 0.3) is 11.8 Å². The van der Waals surface area contributed by atoms with Crippen molar-refractivity contribution in [2.45, 2.75) is 6.92 Å². The molecular formula is C21H19N3O2. The van der Waals surface area contributed by atoms with Gasteiger partial charge in [0.05, 0.1) is 0 Å². The highest BCUT2D eigenvalue weighted by Crippen LogP contribution is 2.16. The van der Waals surface area contributed by atoms with Crippen LogP contribution in [0.5, 0.6) is 0 Å². The fourth-order valence-corrected chi connectivity index (χ4v) is 2.55. The number of aryl methyl sites for hydroxylation is 1. The number of carbonyl (C=O) groups is 2. The second-order valence-corrected chi connectivity index (χ2v) is 5.98. The third kappa shape index (κ3) is 4.27. The first-order valence-electron chi connectivity index (χ1n) is 8.16. The van der Waals surface area contributed by atoms with Gasteiger partial charge in [0.1, 0.15) is 0 Å². The summed E-state index contributed by atoms with van der Waals surface area (Å²) in [5, 5.41) is 5.63. The molecule has 0 fully saturated rings. The zero-order valence-electron chi connectivity index (χ0n) is 14.3. The number of carbonyl (C=O) groups excluding carboxylic acids is 2. The van der Waals surface area contributed by atoms with Crippen molar-refractivity contribution in [3.05, 3.63) is 89.5 Å². The predicted octanol–water partition coefficient (Wildman–Crippen LogP) is 4.08. The first-order valence-corrected chi connectivity index (χ1v) is 8.16. The highest BCUT2D eigenvalue weighted by Gasteiger charge is 2.10. The van der Waals surface area contributed by atoms with Crippen LogP contribution in [0.3, 0.4) is 0 Å². The van der Waals surface area contributed by atoms with E-state index in [4.69, 9.17) is 5.73 Å².